The molecule has 3 heteroatoms. The van der Waals surface area contributed by atoms with Crippen LogP contribution in [0.1, 0.15) is 19.0 Å². The number of nitrogens with zero attached hydrogens (tertiary/aromatic N) is 2. The maximum Gasteiger partial charge on any atom is 0.122 e. The fourth-order valence-corrected chi connectivity index (χ4v) is 1.91. The molecule has 0 radical (unpaired) electrons. The Hall–Kier alpha value is -1.64. The van der Waals surface area contributed by atoms with Gasteiger partial charge in [-0.3, -0.25) is 4.68 Å². The molecule has 0 spiro atoms. The van der Waals surface area contributed by atoms with E-state index in [1.165, 1.54) is 5.39 Å². The zero-order valence-corrected chi connectivity index (χ0v) is 9.68. The SMILES string of the molecule is CC(C=O)CCc1nn(C)c2ccccc12. The van der Waals surface area contributed by atoms with Crippen LogP contribution < -0.4 is 0 Å². The molecule has 0 saturated heterocycles. The summed E-state index contributed by atoms with van der Waals surface area (Å²) in [6.07, 6.45) is 2.73. The predicted octanol–water partition coefficient (Wildman–Crippen LogP) is 2.34. The van der Waals surface area contributed by atoms with Crippen LogP contribution in [0.25, 0.3) is 10.9 Å². The van der Waals surface area contributed by atoms with Crippen molar-refractivity contribution in [1.82, 2.24) is 9.78 Å². The van der Waals surface area contributed by atoms with Crippen LogP contribution in [0.4, 0.5) is 0 Å². The molecule has 0 amide bonds. The van der Waals surface area contributed by atoms with Crippen molar-refractivity contribution in [2.75, 3.05) is 0 Å². The molecule has 1 atom stereocenters. The Kier molecular flexibility index (Phi) is 3.04. The van der Waals surface area contributed by atoms with Crippen LogP contribution in [-0.2, 0) is 18.3 Å². The van der Waals surface area contributed by atoms with E-state index >= 15 is 0 Å². The Labute approximate surface area is 95.1 Å². The molecule has 2 aromatic rings. The number of carbonyl (C=O) groups excluding carboxylic acids is 1. The Morgan fingerprint density at radius 1 is 1.44 bits per heavy atom. The molecule has 0 aliphatic carbocycles. The number of aryl methyl sites for hydroxylation is 2. The lowest BCUT2D eigenvalue weighted by Crippen LogP contribution is -1.99. The minimum absolute atomic E-state index is 0.112. The number of aldehydes is 1. The summed E-state index contributed by atoms with van der Waals surface area (Å²) in [5.74, 6) is 0.112. The van der Waals surface area contributed by atoms with E-state index in [1.54, 1.807) is 0 Å². The first-order valence-electron chi connectivity index (χ1n) is 5.58. The second kappa shape index (κ2) is 4.47. The molecular weight excluding hydrogens is 200 g/mol. The first-order chi connectivity index (χ1) is 7.72. The third kappa shape index (κ3) is 1.98. The minimum atomic E-state index is 0.112. The monoisotopic (exact) mass is 216 g/mol. The van der Waals surface area contributed by atoms with Crippen LogP contribution in [0, 0.1) is 5.92 Å². The van der Waals surface area contributed by atoms with E-state index in [9.17, 15) is 4.79 Å². The van der Waals surface area contributed by atoms with Gasteiger partial charge in [-0.15, -0.1) is 0 Å². The van der Waals surface area contributed by atoms with E-state index in [2.05, 4.69) is 17.2 Å². The second-order valence-corrected chi connectivity index (χ2v) is 4.24. The lowest BCUT2D eigenvalue weighted by atomic mass is 10.0. The molecule has 0 aliphatic heterocycles. The largest absolute Gasteiger partial charge is 0.303 e. The van der Waals surface area contributed by atoms with Crippen LogP contribution >= 0.6 is 0 Å². The maximum absolute atomic E-state index is 10.6. The number of carbonyl (C=O) groups is 1. The summed E-state index contributed by atoms with van der Waals surface area (Å²) >= 11 is 0. The Balaban J connectivity index is 2.27. The molecule has 0 N–H and O–H groups in total. The van der Waals surface area contributed by atoms with Crippen LogP contribution in [-0.4, -0.2) is 16.1 Å². The molecule has 0 aliphatic rings. The van der Waals surface area contributed by atoms with Crippen molar-refractivity contribution < 1.29 is 4.79 Å². The number of fused-ring (bicyclic) bond motifs is 1. The van der Waals surface area contributed by atoms with E-state index < -0.39 is 0 Å². The molecule has 1 aromatic carbocycles. The van der Waals surface area contributed by atoms with E-state index in [0.29, 0.717) is 0 Å². The summed E-state index contributed by atoms with van der Waals surface area (Å²) in [5, 5.41) is 5.69. The number of benzene rings is 1. The molecule has 3 nitrogen and oxygen atoms in total. The van der Waals surface area contributed by atoms with Crippen molar-refractivity contribution in [1.29, 1.82) is 0 Å². The highest BCUT2D eigenvalue weighted by Gasteiger charge is 2.09. The lowest BCUT2D eigenvalue weighted by Gasteiger charge is -2.00. The normalized spacial score (nSPS) is 12.9. The number of rotatable bonds is 4. The molecule has 0 fully saturated rings. The van der Waals surface area contributed by atoms with Gasteiger partial charge in [0.2, 0.25) is 0 Å². The molecule has 1 unspecified atom stereocenters. The molecule has 16 heavy (non-hydrogen) atoms. The zero-order valence-electron chi connectivity index (χ0n) is 9.68. The van der Waals surface area contributed by atoms with Gasteiger partial charge in [0.25, 0.3) is 0 Å². The first kappa shape index (κ1) is 10.9. The van der Waals surface area contributed by atoms with Gasteiger partial charge in [0.15, 0.2) is 0 Å². The summed E-state index contributed by atoms with van der Waals surface area (Å²) in [6.45, 7) is 1.94. The Morgan fingerprint density at radius 2 is 2.19 bits per heavy atom. The standard InChI is InChI=1S/C13H16N2O/c1-10(9-16)7-8-12-11-5-3-4-6-13(11)15(2)14-12/h3-6,9-10H,7-8H2,1-2H3. The fourth-order valence-electron chi connectivity index (χ4n) is 1.91. The average molecular weight is 216 g/mol. The zero-order chi connectivity index (χ0) is 11.5. The second-order valence-electron chi connectivity index (χ2n) is 4.24. The Morgan fingerprint density at radius 3 is 2.94 bits per heavy atom. The highest BCUT2D eigenvalue weighted by molar-refractivity contribution is 5.81. The molecule has 1 aromatic heterocycles. The molecule has 84 valence electrons. The minimum Gasteiger partial charge on any atom is -0.303 e. The fraction of sp³-hybridized carbons (Fsp3) is 0.385. The number of para-hydroxylation sites is 1. The van der Waals surface area contributed by atoms with Gasteiger partial charge in [0, 0.05) is 18.4 Å². The number of aromatic nitrogens is 2. The summed E-state index contributed by atoms with van der Waals surface area (Å²) in [7, 11) is 1.95. The van der Waals surface area contributed by atoms with Gasteiger partial charge in [0.05, 0.1) is 11.2 Å². The van der Waals surface area contributed by atoms with E-state index in [1.807, 2.05) is 30.8 Å². The predicted molar refractivity (Wildman–Crippen MR) is 64.3 cm³/mol. The van der Waals surface area contributed by atoms with Gasteiger partial charge in [-0.25, -0.2) is 0 Å². The van der Waals surface area contributed by atoms with E-state index in [0.717, 1.165) is 30.3 Å². The number of hydrogen-bond acceptors (Lipinski definition) is 2. The number of hydrogen-bond donors (Lipinski definition) is 0. The lowest BCUT2D eigenvalue weighted by molar-refractivity contribution is -0.110. The first-order valence-corrected chi connectivity index (χ1v) is 5.58. The van der Waals surface area contributed by atoms with Crippen molar-refractivity contribution >= 4 is 17.2 Å². The van der Waals surface area contributed by atoms with Gasteiger partial charge < -0.3 is 4.79 Å². The van der Waals surface area contributed by atoms with Crippen molar-refractivity contribution in [3.63, 3.8) is 0 Å². The topological polar surface area (TPSA) is 34.9 Å². The molecule has 2 rings (SSSR count). The van der Waals surface area contributed by atoms with Crippen LogP contribution in [0.3, 0.4) is 0 Å². The average Bonchev–Trinajstić information content (AvgIpc) is 2.64. The van der Waals surface area contributed by atoms with Gasteiger partial charge in [-0.05, 0) is 18.9 Å². The summed E-state index contributed by atoms with van der Waals surface area (Å²) in [4.78, 5) is 10.6. The maximum atomic E-state index is 10.6. The van der Waals surface area contributed by atoms with Crippen LogP contribution in [0.15, 0.2) is 24.3 Å². The van der Waals surface area contributed by atoms with E-state index in [-0.39, 0.29) is 5.92 Å². The summed E-state index contributed by atoms with van der Waals surface area (Å²) in [6, 6.07) is 8.19. The van der Waals surface area contributed by atoms with Gasteiger partial charge in [0.1, 0.15) is 6.29 Å². The molecular formula is C13H16N2O. The summed E-state index contributed by atoms with van der Waals surface area (Å²) < 4.78 is 1.90. The smallest absolute Gasteiger partial charge is 0.122 e. The van der Waals surface area contributed by atoms with Crippen molar-refractivity contribution in [2.24, 2.45) is 13.0 Å². The van der Waals surface area contributed by atoms with Crippen molar-refractivity contribution in [3.8, 4) is 0 Å². The molecule has 1 heterocycles. The molecule has 0 saturated carbocycles. The quantitative estimate of drug-likeness (QED) is 0.735. The third-order valence-electron chi connectivity index (χ3n) is 2.90. The van der Waals surface area contributed by atoms with E-state index in [4.69, 9.17) is 0 Å². The van der Waals surface area contributed by atoms with Crippen molar-refractivity contribution in [3.05, 3.63) is 30.0 Å². The summed E-state index contributed by atoms with van der Waals surface area (Å²) in [5.41, 5.74) is 2.24. The van der Waals surface area contributed by atoms with Crippen LogP contribution in [0.2, 0.25) is 0 Å². The van der Waals surface area contributed by atoms with Gasteiger partial charge >= 0.3 is 0 Å². The van der Waals surface area contributed by atoms with Gasteiger partial charge in [-0.1, -0.05) is 25.1 Å². The van der Waals surface area contributed by atoms with Crippen molar-refractivity contribution in [2.45, 2.75) is 19.8 Å². The highest BCUT2D eigenvalue weighted by Crippen LogP contribution is 2.19. The van der Waals surface area contributed by atoms with Gasteiger partial charge in [-0.2, -0.15) is 5.10 Å². The highest BCUT2D eigenvalue weighted by atomic mass is 16.1. The molecule has 0 bridgehead atoms. The van der Waals surface area contributed by atoms with Crippen LogP contribution in [0.5, 0.6) is 0 Å². The third-order valence-corrected chi connectivity index (χ3v) is 2.90. The Bertz CT molecular complexity index is 502.